The molecule has 108 valence electrons. The van der Waals surface area contributed by atoms with Gasteiger partial charge in [0.05, 0.1) is 17.5 Å². The Morgan fingerprint density at radius 1 is 1.40 bits per heavy atom. The van der Waals surface area contributed by atoms with Crippen LogP contribution in [0.2, 0.25) is 5.02 Å². The predicted octanol–water partition coefficient (Wildman–Crippen LogP) is 3.00. The zero-order chi connectivity index (χ0) is 15.6. The van der Waals surface area contributed by atoms with Gasteiger partial charge >= 0.3 is 5.97 Å². The van der Waals surface area contributed by atoms with E-state index in [0.717, 1.165) is 0 Å². The molecular weight excluding hydrogens is 278 g/mol. The summed E-state index contributed by atoms with van der Waals surface area (Å²) in [7, 11) is 1.36. The van der Waals surface area contributed by atoms with Gasteiger partial charge in [-0.25, -0.2) is 4.98 Å². The van der Waals surface area contributed by atoms with Gasteiger partial charge < -0.3 is 10.1 Å². The fourth-order valence-electron chi connectivity index (χ4n) is 1.58. The van der Waals surface area contributed by atoms with Crippen LogP contribution in [0.4, 0.5) is 5.82 Å². The first-order chi connectivity index (χ1) is 9.15. The fourth-order valence-corrected chi connectivity index (χ4v) is 1.72. The van der Waals surface area contributed by atoms with Gasteiger partial charge in [0, 0.05) is 5.54 Å². The maximum absolute atomic E-state index is 11.9. The number of nitriles is 1. The molecule has 1 aromatic rings. The third-order valence-electron chi connectivity index (χ3n) is 3.65. The zero-order valence-electron chi connectivity index (χ0n) is 12.2. The predicted molar refractivity (Wildman–Crippen MR) is 77.5 cm³/mol. The number of hydrogen-bond donors (Lipinski definition) is 1. The van der Waals surface area contributed by atoms with Crippen LogP contribution >= 0.6 is 11.6 Å². The number of carbonyl (C=O) groups is 1. The van der Waals surface area contributed by atoms with Gasteiger partial charge in [0.15, 0.2) is 5.69 Å². The van der Waals surface area contributed by atoms with Crippen molar-refractivity contribution in [1.29, 1.82) is 5.26 Å². The van der Waals surface area contributed by atoms with Gasteiger partial charge in [0.2, 0.25) is 0 Å². The summed E-state index contributed by atoms with van der Waals surface area (Å²) in [6.07, 6.45) is 0. The number of methoxy groups -OCH3 is 1. The molecule has 0 radical (unpaired) electrons. The van der Waals surface area contributed by atoms with Crippen LogP contribution in [-0.4, -0.2) is 23.6 Å². The molecule has 0 aliphatic carbocycles. The van der Waals surface area contributed by atoms with E-state index in [-0.39, 0.29) is 11.7 Å². The number of anilines is 1. The number of hydrogen-bond acceptors (Lipinski definition) is 5. The second kappa shape index (κ2) is 5.68. The molecule has 1 heterocycles. The molecular formula is C14H18ClN3O2. The van der Waals surface area contributed by atoms with E-state index in [1.807, 2.05) is 19.9 Å². The molecule has 0 aliphatic rings. The van der Waals surface area contributed by atoms with Crippen LogP contribution in [0.3, 0.4) is 0 Å². The van der Waals surface area contributed by atoms with Gasteiger partial charge in [-0.15, -0.1) is 0 Å². The van der Waals surface area contributed by atoms with Crippen LogP contribution in [-0.2, 0) is 9.53 Å². The van der Waals surface area contributed by atoms with E-state index in [1.54, 1.807) is 26.0 Å². The summed E-state index contributed by atoms with van der Waals surface area (Å²) < 4.78 is 4.83. The van der Waals surface area contributed by atoms with Crippen LogP contribution in [0, 0.1) is 16.7 Å². The largest absolute Gasteiger partial charge is 0.469 e. The first kappa shape index (κ1) is 16.3. The Kier molecular flexibility index (Phi) is 4.61. The molecule has 0 saturated heterocycles. The highest BCUT2D eigenvalue weighted by Gasteiger charge is 2.44. The second-order valence-corrected chi connectivity index (χ2v) is 5.91. The Morgan fingerprint density at radius 3 is 2.50 bits per heavy atom. The summed E-state index contributed by atoms with van der Waals surface area (Å²) in [6.45, 7) is 7.30. The van der Waals surface area contributed by atoms with Crippen LogP contribution in [0.1, 0.15) is 33.4 Å². The molecule has 5 nitrogen and oxygen atoms in total. The van der Waals surface area contributed by atoms with Crippen LogP contribution in [0.15, 0.2) is 12.1 Å². The van der Waals surface area contributed by atoms with Gasteiger partial charge in [-0.2, -0.15) is 5.26 Å². The van der Waals surface area contributed by atoms with Crippen molar-refractivity contribution in [1.82, 2.24) is 4.98 Å². The smallest absolute Gasteiger partial charge is 0.313 e. The summed E-state index contributed by atoms with van der Waals surface area (Å²) >= 11 is 5.84. The van der Waals surface area contributed by atoms with E-state index < -0.39 is 11.0 Å². The van der Waals surface area contributed by atoms with Crippen LogP contribution in [0.5, 0.6) is 0 Å². The summed E-state index contributed by atoms with van der Waals surface area (Å²) in [5.41, 5.74) is -1.27. The second-order valence-electron chi connectivity index (χ2n) is 5.51. The minimum absolute atomic E-state index is 0.142. The SMILES string of the molecule is COC(=O)C(C)(C)C(C)(C)Nc1ccc(Cl)c(C#N)n1. The average Bonchev–Trinajstić information content (AvgIpc) is 2.39. The number of pyridine rings is 1. The van der Waals surface area contributed by atoms with Crippen molar-refractivity contribution >= 4 is 23.4 Å². The van der Waals surface area contributed by atoms with Gasteiger partial charge in [0.25, 0.3) is 0 Å². The summed E-state index contributed by atoms with van der Waals surface area (Å²) in [4.78, 5) is 16.0. The van der Waals surface area contributed by atoms with Crippen molar-refractivity contribution in [3.8, 4) is 6.07 Å². The highest BCUT2D eigenvalue weighted by atomic mass is 35.5. The fraction of sp³-hybridized carbons (Fsp3) is 0.500. The summed E-state index contributed by atoms with van der Waals surface area (Å²) in [5.74, 6) is 0.150. The third kappa shape index (κ3) is 3.02. The van der Waals surface area contributed by atoms with E-state index in [2.05, 4.69) is 10.3 Å². The maximum atomic E-state index is 11.9. The first-order valence-corrected chi connectivity index (χ1v) is 6.46. The quantitative estimate of drug-likeness (QED) is 0.864. The number of ether oxygens (including phenoxy) is 1. The van der Waals surface area contributed by atoms with Crippen molar-refractivity contribution < 1.29 is 9.53 Å². The molecule has 1 rings (SSSR count). The highest BCUT2D eigenvalue weighted by Crippen LogP contribution is 2.34. The number of nitrogens with zero attached hydrogens (tertiary/aromatic N) is 2. The van der Waals surface area contributed by atoms with Crippen molar-refractivity contribution in [2.75, 3.05) is 12.4 Å². The Balaban J connectivity index is 3.08. The molecule has 0 aromatic carbocycles. The van der Waals surface area contributed by atoms with E-state index in [9.17, 15) is 4.79 Å². The van der Waals surface area contributed by atoms with E-state index in [1.165, 1.54) is 7.11 Å². The molecule has 0 atom stereocenters. The summed E-state index contributed by atoms with van der Waals surface area (Å²) in [6, 6.07) is 5.18. The van der Waals surface area contributed by atoms with Gasteiger partial charge in [-0.1, -0.05) is 11.6 Å². The van der Waals surface area contributed by atoms with Crippen LogP contribution < -0.4 is 5.32 Å². The van der Waals surface area contributed by atoms with E-state index >= 15 is 0 Å². The van der Waals surface area contributed by atoms with E-state index in [4.69, 9.17) is 21.6 Å². The molecule has 0 amide bonds. The Morgan fingerprint density at radius 2 is 2.00 bits per heavy atom. The highest BCUT2D eigenvalue weighted by molar-refractivity contribution is 6.31. The Hall–Kier alpha value is -1.80. The first-order valence-electron chi connectivity index (χ1n) is 6.09. The van der Waals surface area contributed by atoms with Crippen molar-refractivity contribution in [2.24, 2.45) is 5.41 Å². The number of nitrogens with one attached hydrogen (secondary N) is 1. The van der Waals surface area contributed by atoms with Gasteiger partial charge in [-0.05, 0) is 39.8 Å². The number of carbonyl (C=O) groups excluding carboxylic acids is 1. The lowest BCUT2D eigenvalue weighted by molar-refractivity contribution is -0.153. The van der Waals surface area contributed by atoms with E-state index in [0.29, 0.717) is 10.8 Å². The zero-order valence-corrected chi connectivity index (χ0v) is 13.0. The van der Waals surface area contributed by atoms with Crippen molar-refractivity contribution in [2.45, 2.75) is 33.2 Å². The number of aromatic nitrogens is 1. The monoisotopic (exact) mass is 295 g/mol. The molecule has 0 fully saturated rings. The number of halogens is 1. The lowest BCUT2D eigenvalue weighted by atomic mass is 9.74. The molecule has 6 heteroatoms. The van der Waals surface area contributed by atoms with Crippen LogP contribution in [0.25, 0.3) is 0 Å². The molecule has 0 spiro atoms. The number of rotatable bonds is 4. The Bertz CT molecular complexity index is 562. The van der Waals surface area contributed by atoms with Gasteiger partial charge in [0.1, 0.15) is 11.9 Å². The van der Waals surface area contributed by atoms with Crippen molar-refractivity contribution in [3.63, 3.8) is 0 Å². The molecule has 0 aliphatic heterocycles. The minimum Gasteiger partial charge on any atom is -0.469 e. The maximum Gasteiger partial charge on any atom is 0.313 e. The summed E-state index contributed by atoms with van der Waals surface area (Å²) in [5, 5.41) is 12.4. The molecule has 0 saturated carbocycles. The van der Waals surface area contributed by atoms with Crippen molar-refractivity contribution in [3.05, 3.63) is 22.8 Å². The standard InChI is InChI=1S/C14H18ClN3O2/c1-13(2,12(19)20-5)14(3,4)18-11-7-6-9(15)10(8-16)17-11/h6-7H,1-5H3,(H,17,18). The molecule has 20 heavy (non-hydrogen) atoms. The normalized spacial score (nSPS) is 11.7. The minimum atomic E-state index is -0.782. The van der Waals surface area contributed by atoms with Gasteiger partial charge in [-0.3, -0.25) is 4.79 Å². The Labute approximate surface area is 123 Å². The molecule has 1 N–H and O–H groups in total. The molecule has 0 unspecified atom stereocenters. The molecule has 0 bridgehead atoms. The lowest BCUT2D eigenvalue weighted by Crippen LogP contribution is -2.51. The topological polar surface area (TPSA) is 75.0 Å². The average molecular weight is 296 g/mol. The number of esters is 1. The third-order valence-corrected chi connectivity index (χ3v) is 3.96. The molecule has 1 aromatic heterocycles. The lowest BCUT2D eigenvalue weighted by Gasteiger charge is -2.40.